The van der Waals surface area contributed by atoms with Crippen molar-refractivity contribution in [1.29, 1.82) is 0 Å². The Bertz CT molecular complexity index is 1160. The van der Waals surface area contributed by atoms with E-state index >= 15 is 0 Å². The van der Waals surface area contributed by atoms with Crippen molar-refractivity contribution in [2.75, 3.05) is 17.1 Å². The normalized spacial score (nSPS) is 12.7. The van der Waals surface area contributed by atoms with Crippen LogP contribution in [0.2, 0.25) is 15.1 Å². The Morgan fingerprint density at radius 2 is 1.60 bits per heavy atom. The lowest BCUT2D eigenvalue weighted by molar-refractivity contribution is -0.141. The van der Waals surface area contributed by atoms with Gasteiger partial charge in [-0.25, -0.2) is 8.42 Å². The predicted octanol–water partition coefficient (Wildman–Crippen LogP) is 5.13. The second-order valence-corrected chi connectivity index (χ2v) is 12.3. The van der Waals surface area contributed by atoms with Crippen LogP contribution in [0.3, 0.4) is 0 Å². The van der Waals surface area contributed by atoms with Crippen LogP contribution in [-0.2, 0) is 26.2 Å². The van der Waals surface area contributed by atoms with Crippen molar-refractivity contribution in [2.24, 2.45) is 0 Å². The molecule has 2 aromatic rings. The fraction of sp³-hybridized carbons (Fsp3) is 0.417. The fourth-order valence-electron chi connectivity index (χ4n) is 3.47. The monoisotopic (exact) mass is 561 g/mol. The standard InChI is InChI=1S/C24H30Cl3N3O4S/c1-6-21(23(32)28-24(2,3)4)29(14-18-19(26)11-8-12-20(18)27)22(31)15-30(35(5,33)34)17-10-7-9-16(25)13-17/h7-13,21H,6,14-15H2,1-5H3,(H,28,32)/t21-/m0/s1. The Labute approximate surface area is 222 Å². The molecule has 7 nitrogen and oxygen atoms in total. The van der Waals surface area contributed by atoms with Gasteiger partial charge in [0.2, 0.25) is 21.8 Å². The molecule has 192 valence electrons. The molecule has 0 saturated carbocycles. The van der Waals surface area contributed by atoms with Crippen LogP contribution in [0.25, 0.3) is 0 Å². The Hall–Kier alpha value is -2.00. The average molecular weight is 563 g/mol. The summed E-state index contributed by atoms with van der Waals surface area (Å²) in [6.07, 6.45) is 1.28. The molecule has 0 saturated heterocycles. The quantitative estimate of drug-likeness (QED) is 0.459. The van der Waals surface area contributed by atoms with Crippen LogP contribution in [-0.4, -0.2) is 49.5 Å². The molecule has 1 N–H and O–H groups in total. The molecular weight excluding hydrogens is 533 g/mol. The number of carbonyl (C=O) groups is 2. The van der Waals surface area contributed by atoms with Crippen molar-refractivity contribution >= 4 is 62.3 Å². The highest BCUT2D eigenvalue weighted by atomic mass is 35.5. The Balaban J connectivity index is 2.52. The van der Waals surface area contributed by atoms with Crippen LogP contribution in [0.4, 0.5) is 5.69 Å². The van der Waals surface area contributed by atoms with E-state index in [0.29, 0.717) is 20.6 Å². The Morgan fingerprint density at radius 1 is 1.03 bits per heavy atom. The summed E-state index contributed by atoms with van der Waals surface area (Å²) in [5.41, 5.74) is 0.150. The van der Waals surface area contributed by atoms with Gasteiger partial charge in [0.05, 0.1) is 11.9 Å². The number of benzene rings is 2. The number of carbonyl (C=O) groups excluding carboxylic acids is 2. The molecule has 0 spiro atoms. The van der Waals surface area contributed by atoms with Gasteiger partial charge in [-0.15, -0.1) is 0 Å². The maximum absolute atomic E-state index is 13.7. The molecule has 0 aliphatic carbocycles. The van der Waals surface area contributed by atoms with Gasteiger partial charge in [0, 0.05) is 32.7 Å². The molecule has 2 rings (SSSR count). The largest absolute Gasteiger partial charge is 0.350 e. The zero-order valence-corrected chi connectivity index (χ0v) is 23.4. The van der Waals surface area contributed by atoms with Crippen LogP contribution in [0.1, 0.15) is 39.7 Å². The van der Waals surface area contributed by atoms with E-state index in [4.69, 9.17) is 34.8 Å². The van der Waals surface area contributed by atoms with Gasteiger partial charge in [-0.3, -0.25) is 13.9 Å². The van der Waals surface area contributed by atoms with Gasteiger partial charge < -0.3 is 10.2 Å². The van der Waals surface area contributed by atoms with Gasteiger partial charge in [0.25, 0.3) is 0 Å². The topological polar surface area (TPSA) is 86.8 Å². The zero-order valence-electron chi connectivity index (χ0n) is 20.3. The van der Waals surface area contributed by atoms with E-state index in [1.807, 2.05) is 20.8 Å². The molecular formula is C24H30Cl3N3O4S. The number of sulfonamides is 1. The van der Waals surface area contributed by atoms with Crippen molar-refractivity contribution in [3.05, 3.63) is 63.1 Å². The summed E-state index contributed by atoms with van der Waals surface area (Å²) in [6.45, 7) is 6.64. The van der Waals surface area contributed by atoms with Gasteiger partial charge in [0.15, 0.2) is 0 Å². The SMILES string of the molecule is CC[C@@H](C(=O)NC(C)(C)C)N(Cc1c(Cl)cccc1Cl)C(=O)CN(c1cccc(Cl)c1)S(C)(=O)=O. The van der Waals surface area contributed by atoms with Crippen molar-refractivity contribution < 1.29 is 18.0 Å². The lowest BCUT2D eigenvalue weighted by Crippen LogP contribution is -2.55. The van der Waals surface area contributed by atoms with Crippen molar-refractivity contribution in [3.8, 4) is 0 Å². The summed E-state index contributed by atoms with van der Waals surface area (Å²) >= 11 is 18.8. The minimum Gasteiger partial charge on any atom is -0.350 e. The van der Waals surface area contributed by atoms with Gasteiger partial charge >= 0.3 is 0 Å². The summed E-state index contributed by atoms with van der Waals surface area (Å²) in [4.78, 5) is 28.2. The van der Waals surface area contributed by atoms with Crippen LogP contribution >= 0.6 is 34.8 Å². The minimum absolute atomic E-state index is 0.0828. The van der Waals surface area contributed by atoms with E-state index in [-0.39, 0.29) is 24.6 Å². The molecule has 2 aromatic carbocycles. The molecule has 0 bridgehead atoms. The van der Waals surface area contributed by atoms with E-state index in [1.54, 1.807) is 43.3 Å². The first-order chi connectivity index (χ1) is 16.1. The van der Waals surface area contributed by atoms with E-state index in [2.05, 4.69) is 5.32 Å². The van der Waals surface area contributed by atoms with Crippen LogP contribution in [0.15, 0.2) is 42.5 Å². The lowest BCUT2D eigenvalue weighted by atomic mass is 10.1. The zero-order chi connectivity index (χ0) is 26.6. The number of amides is 2. The third-order valence-electron chi connectivity index (χ3n) is 5.05. The smallest absolute Gasteiger partial charge is 0.244 e. The number of hydrogen-bond acceptors (Lipinski definition) is 4. The molecule has 0 aliphatic heterocycles. The fourth-order valence-corrected chi connectivity index (χ4v) is 5.01. The molecule has 0 fully saturated rings. The first kappa shape index (κ1) is 29.2. The summed E-state index contributed by atoms with van der Waals surface area (Å²) in [7, 11) is -3.86. The van der Waals surface area contributed by atoms with Gasteiger partial charge in [0.1, 0.15) is 12.6 Å². The Morgan fingerprint density at radius 3 is 2.09 bits per heavy atom. The van der Waals surface area contributed by atoms with Crippen molar-refractivity contribution in [1.82, 2.24) is 10.2 Å². The number of anilines is 1. The average Bonchev–Trinajstić information content (AvgIpc) is 2.71. The molecule has 0 unspecified atom stereocenters. The van der Waals surface area contributed by atoms with Crippen LogP contribution in [0.5, 0.6) is 0 Å². The number of nitrogens with one attached hydrogen (secondary N) is 1. The summed E-state index contributed by atoms with van der Waals surface area (Å²) in [5, 5.41) is 3.87. The third-order valence-corrected chi connectivity index (χ3v) is 7.13. The van der Waals surface area contributed by atoms with E-state index in [0.717, 1.165) is 10.6 Å². The second kappa shape index (κ2) is 11.8. The molecule has 2 amide bonds. The highest BCUT2D eigenvalue weighted by Gasteiger charge is 2.33. The molecule has 11 heteroatoms. The van der Waals surface area contributed by atoms with E-state index < -0.39 is 34.1 Å². The summed E-state index contributed by atoms with van der Waals surface area (Å²) in [6, 6.07) is 10.2. The first-order valence-corrected chi connectivity index (χ1v) is 13.9. The van der Waals surface area contributed by atoms with Gasteiger partial charge in [-0.1, -0.05) is 53.9 Å². The Kier molecular flexibility index (Phi) is 9.87. The molecule has 35 heavy (non-hydrogen) atoms. The number of rotatable bonds is 9. The third kappa shape index (κ3) is 8.27. The van der Waals surface area contributed by atoms with Crippen LogP contribution < -0.4 is 9.62 Å². The molecule has 0 aromatic heterocycles. The van der Waals surface area contributed by atoms with E-state index in [1.165, 1.54) is 11.0 Å². The van der Waals surface area contributed by atoms with Gasteiger partial charge in [-0.2, -0.15) is 0 Å². The molecule has 0 aliphatic rings. The highest BCUT2D eigenvalue weighted by molar-refractivity contribution is 7.92. The number of hydrogen-bond donors (Lipinski definition) is 1. The maximum Gasteiger partial charge on any atom is 0.244 e. The first-order valence-electron chi connectivity index (χ1n) is 10.9. The number of nitrogens with zero attached hydrogens (tertiary/aromatic N) is 2. The number of halogens is 3. The summed E-state index contributed by atoms with van der Waals surface area (Å²) < 4.78 is 26.2. The van der Waals surface area contributed by atoms with Gasteiger partial charge in [-0.05, 0) is 57.5 Å². The second-order valence-electron chi connectivity index (χ2n) is 9.13. The summed E-state index contributed by atoms with van der Waals surface area (Å²) in [5.74, 6) is -0.965. The van der Waals surface area contributed by atoms with E-state index in [9.17, 15) is 18.0 Å². The lowest BCUT2D eigenvalue weighted by Gasteiger charge is -2.34. The van der Waals surface area contributed by atoms with Crippen molar-refractivity contribution in [2.45, 2.75) is 52.2 Å². The minimum atomic E-state index is -3.86. The maximum atomic E-state index is 13.7. The van der Waals surface area contributed by atoms with Crippen LogP contribution in [0, 0.1) is 0 Å². The van der Waals surface area contributed by atoms with Crippen molar-refractivity contribution in [3.63, 3.8) is 0 Å². The molecule has 0 radical (unpaired) electrons. The molecule has 1 atom stereocenters. The molecule has 0 heterocycles. The highest BCUT2D eigenvalue weighted by Crippen LogP contribution is 2.28. The predicted molar refractivity (Wildman–Crippen MR) is 143 cm³/mol.